The van der Waals surface area contributed by atoms with Gasteiger partial charge in [0.05, 0.1) is 19.8 Å². The Morgan fingerprint density at radius 3 is 2.52 bits per heavy atom. The normalized spacial score (nSPS) is 14.3. The van der Waals surface area contributed by atoms with Crippen LogP contribution >= 0.6 is 0 Å². The van der Waals surface area contributed by atoms with Crippen molar-refractivity contribution in [1.82, 2.24) is 10.3 Å². The van der Waals surface area contributed by atoms with Gasteiger partial charge in [-0.15, -0.1) is 0 Å². The molecule has 1 aliphatic rings. The van der Waals surface area contributed by atoms with Crippen LogP contribution < -0.4 is 10.2 Å². The number of aromatic amines is 1. The van der Waals surface area contributed by atoms with Crippen LogP contribution in [0.15, 0.2) is 54.6 Å². The first kappa shape index (κ1) is 17.3. The summed E-state index contributed by atoms with van der Waals surface area (Å²) in [6.45, 7) is 3.12. The van der Waals surface area contributed by atoms with E-state index in [2.05, 4.69) is 15.2 Å². The van der Waals surface area contributed by atoms with E-state index < -0.39 is 0 Å². The van der Waals surface area contributed by atoms with Crippen LogP contribution in [-0.4, -0.2) is 49.5 Å². The van der Waals surface area contributed by atoms with E-state index in [9.17, 15) is 9.59 Å². The first-order valence-corrected chi connectivity index (χ1v) is 9.02. The van der Waals surface area contributed by atoms with Crippen molar-refractivity contribution in [3.8, 4) is 0 Å². The van der Waals surface area contributed by atoms with E-state index in [1.807, 2.05) is 48.5 Å². The fraction of sp³-hybridized carbons (Fsp3) is 0.238. The van der Waals surface area contributed by atoms with E-state index in [-0.39, 0.29) is 18.2 Å². The number of ether oxygens (including phenoxy) is 1. The molecule has 0 aliphatic carbocycles. The highest BCUT2D eigenvalue weighted by Crippen LogP contribution is 2.17. The number of aromatic nitrogens is 1. The zero-order chi connectivity index (χ0) is 18.6. The molecule has 27 heavy (non-hydrogen) atoms. The van der Waals surface area contributed by atoms with E-state index >= 15 is 0 Å². The van der Waals surface area contributed by atoms with Crippen LogP contribution in [0.2, 0.25) is 0 Å². The van der Waals surface area contributed by atoms with E-state index in [0.29, 0.717) is 11.3 Å². The number of amides is 1. The van der Waals surface area contributed by atoms with E-state index in [4.69, 9.17) is 4.74 Å². The second kappa shape index (κ2) is 7.63. The number of H-pyrrole nitrogens is 1. The Kier molecular flexibility index (Phi) is 4.89. The molecule has 0 bridgehead atoms. The number of hydrogen-bond donors (Lipinski definition) is 2. The zero-order valence-electron chi connectivity index (χ0n) is 14.9. The van der Waals surface area contributed by atoms with Gasteiger partial charge in [0.15, 0.2) is 5.78 Å². The van der Waals surface area contributed by atoms with Gasteiger partial charge in [-0.25, -0.2) is 0 Å². The number of benzene rings is 2. The van der Waals surface area contributed by atoms with Crippen LogP contribution in [0.1, 0.15) is 20.8 Å². The average molecular weight is 363 g/mol. The Balaban J connectivity index is 1.36. The highest BCUT2D eigenvalue weighted by atomic mass is 16.5. The molecule has 1 fully saturated rings. The molecule has 0 atom stereocenters. The molecule has 0 spiro atoms. The summed E-state index contributed by atoms with van der Waals surface area (Å²) < 4.78 is 5.35. The lowest BCUT2D eigenvalue weighted by Crippen LogP contribution is -2.36. The van der Waals surface area contributed by atoms with Crippen molar-refractivity contribution in [3.05, 3.63) is 65.9 Å². The van der Waals surface area contributed by atoms with Crippen LogP contribution in [0.5, 0.6) is 0 Å². The summed E-state index contributed by atoms with van der Waals surface area (Å²) in [5, 5.41) is 3.65. The molecular formula is C21H21N3O3. The second-order valence-electron chi connectivity index (χ2n) is 6.52. The van der Waals surface area contributed by atoms with Gasteiger partial charge in [0.25, 0.3) is 5.91 Å². The molecule has 0 unspecified atom stereocenters. The molecule has 2 heterocycles. The number of anilines is 1. The molecule has 1 amide bonds. The number of carbonyl (C=O) groups is 2. The van der Waals surface area contributed by atoms with Gasteiger partial charge in [-0.2, -0.15) is 0 Å². The van der Waals surface area contributed by atoms with Crippen LogP contribution in [0, 0.1) is 0 Å². The van der Waals surface area contributed by atoms with Gasteiger partial charge in [0, 0.05) is 35.2 Å². The summed E-state index contributed by atoms with van der Waals surface area (Å²) in [5.74, 6) is -0.405. The van der Waals surface area contributed by atoms with Gasteiger partial charge in [-0.1, -0.05) is 18.2 Å². The highest BCUT2D eigenvalue weighted by molar-refractivity contribution is 6.03. The number of para-hydroxylation sites is 1. The maximum Gasteiger partial charge on any atom is 0.268 e. The van der Waals surface area contributed by atoms with Crippen molar-refractivity contribution in [3.63, 3.8) is 0 Å². The molecule has 3 aromatic rings. The number of rotatable bonds is 5. The molecule has 1 aromatic heterocycles. The third kappa shape index (κ3) is 3.85. The fourth-order valence-electron chi connectivity index (χ4n) is 3.23. The van der Waals surface area contributed by atoms with Gasteiger partial charge in [-0.3, -0.25) is 9.59 Å². The molecule has 6 heteroatoms. The molecule has 0 radical (unpaired) electrons. The number of nitrogens with zero attached hydrogens (tertiary/aromatic N) is 1. The van der Waals surface area contributed by atoms with Crippen molar-refractivity contribution in [1.29, 1.82) is 0 Å². The Bertz CT molecular complexity index is 923. The average Bonchev–Trinajstić information content (AvgIpc) is 3.17. The monoisotopic (exact) mass is 363 g/mol. The smallest absolute Gasteiger partial charge is 0.268 e. The Hall–Kier alpha value is -3.12. The van der Waals surface area contributed by atoms with Crippen molar-refractivity contribution in [2.75, 3.05) is 37.7 Å². The quantitative estimate of drug-likeness (QED) is 0.684. The number of fused-ring (bicyclic) bond motifs is 1. The number of nitrogens with one attached hydrogen (secondary N) is 2. The SMILES string of the molecule is O=C(CNC(=O)c1cc2ccccc2[nH]1)c1ccc(N2CCOCC2)cc1. The number of ketones is 1. The number of hydrogen-bond acceptors (Lipinski definition) is 4. The lowest BCUT2D eigenvalue weighted by Gasteiger charge is -2.28. The van der Waals surface area contributed by atoms with Crippen molar-refractivity contribution >= 4 is 28.3 Å². The maximum atomic E-state index is 12.4. The van der Waals surface area contributed by atoms with Gasteiger partial charge in [0.2, 0.25) is 0 Å². The summed E-state index contributed by atoms with van der Waals surface area (Å²) in [4.78, 5) is 30.0. The summed E-state index contributed by atoms with van der Waals surface area (Å²) in [7, 11) is 0. The van der Waals surface area contributed by atoms with Gasteiger partial charge >= 0.3 is 0 Å². The molecule has 0 saturated carbocycles. The number of morpholine rings is 1. The maximum absolute atomic E-state index is 12.4. The van der Waals surface area contributed by atoms with Gasteiger partial charge in [-0.05, 0) is 36.4 Å². The van der Waals surface area contributed by atoms with Crippen molar-refractivity contribution in [2.45, 2.75) is 0 Å². The molecule has 138 valence electrons. The van der Waals surface area contributed by atoms with E-state index in [0.717, 1.165) is 42.9 Å². The Morgan fingerprint density at radius 1 is 1.04 bits per heavy atom. The molecule has 1 aliphatic heterocycles. The molecule has 6 nitrogen and oxygen atoms in total. The molecule has 2 aromatic carbocycles. The Morgan fingerprint density at radius 2 is 1.78 bits per heavy atom. The summed E-state index contributed by atoms with van der Waals surface area (Å²) >= 11 is 0. The molecule has 4 rings (SSSR count). The van der Waals surface area contributed by atoms with Crippen LogP contribution in [-0.2, 0) is 4.74 Å². The zero-order valence-corrected chi connectivity index (χ0v) is 14.9. The highest BCUT2D eigenvalue weighted by Gasteiger charge is 2.14. The first-order valence-electron chi connectivity index (χ1n) is 9.02. The summed E-state index contributed by atoms with van der Waals surface area (Å²) in [6.07, 6.45) is 0. The number of carbonyl (C=O) groups excluding carboxylic acids is 2. The number of Topliss-reactive ketones (excluding diaryl/α,β-unsaturated/α-hetero) is 1. The van der Waals surface area contributed by atoms with Crippen LogP contribution in [0.4, 0.5) is 5.69 Å². The predicted molar refractivity (Wildman–Crippen MR) is 104 cm³/mol. The van der Waals surface area contributed by atoms with Gasteiger partial charge < -0.3 is 19.9 Å². The largest absolute Gasteiger partial charge is 0.378 e. The van der Waals surface area contributed by atoms with Gasteiger partial charge in [0.1, 0.15) is 5.69 Å². The molecule has 1 saturated heterocycles. The summed E-state index contributed by atoms with van der Waals surface area (Å²) in [6, 6.07) is 17.0. The minimum Gasteiger partial charge on any atom is -0.378 e. The van der Waals surface area contributed by atoms with E-state index in [1.165, 1.54) is 0 Å². The fourth-order valence-corrected chi connectivity index (χ4v) is 3.23. The molecular weight excluding hydrogens is 342 g/mol. The van der Waals surface area contributed by atoms with Crippen LogP contribution in [0.3, 0.4) is 0 Å². The van der Waals surface area contributed by atoms with E-state index in [1.54, 1.807) is 6.07 Å². The lowest BCUT2D eigenvalue weighted by atomic mass is 10.1. The topological polar surface area (TPSA) is 74.4 Å². The van der Waals surface area contributed by atoms with Crippen LogP contribution in [0.25, 0.3) is 10.9 Å². The minimum absolute atomic E-state index is 0.0366. The second-order valence-corrected chi connectivity index (χ2v) is 6.52. The Labute approximate surface area is 157 Å². The molecule has 2 N–H and O–H groups in total. The third-order valence-corrected chi connectivity index (χ3v) is 4.75. The third-order valence-electron chi connectivity index (χ3n) is 4.75. The first-order chi connectivity index (χ1) is 13.2. The standard InChI is InChI=1S/C21H21N3O3/c25-20(15-5-7-17(8-6-15)24-9-11-27-12-10-24)14-22-21(26)19-13-16-3-1-2-4-18(16)23-19/h1-8,13,23H,9-12,14H2,(H,22,26). The summed E-state index contributed by atoms with van der Waals surface area (Å²) in [5.41, 5.74) is 3.01. The van der Waals surface area contributed by atoms with Crippen molar-refractivity contribution in [2.24, 2.45) is 0 Å². The lowest BCUT2D eigenvalue weighted by molar-refractivity contribution is 0.0901. The van der Waals surface area contributed by atoms with Crippen molar-refractivity contribution < 1.29 is 14.3 Å². The minimum atomic E-state index is -0.288. The predicted octanol–water partition coefficient (Wildman–Crippen LogP) is 2.62.